The molecule has 1 aromatic heterocycles. The minimum Gasteiger partial charge on any atom is -0.357 e. The van der Waals surface area contributed by atoms with Crippen LogP contribution in [0.15, 0.2) is 10.4 Å². The Labute approximate surface area is 114 Å². The van der Waals surface area contributed by atoms with Crippen LogP contribution in [0.5, 0.6) is 0 Å². The second-order valence-corrected chi connectivity index (χ2v) is 5.12. The number of nitrogens with zero attached hydrogens (tertiary/aromatic N) is 2. The van der Waals surface area contributed by atoms with E-state index in [0.717, 1.165) is 50.6 Å². The molecule has 1 rings (SSSR count). The summed E-state index contributed by atoms with van der Waals surface area (Å²) in [5.41, 5.74) is 1.13. The van der Waals surface area contributed by atoms with Crippen molar-refractivity contribution in [3.63, 3.8) is 0 Å². The SMILES string of the molecule is CCCN=C(NCC)NCCCc1nc(C)cs1. The van der Waals surface area contributed by atoms with Gasteiger partial charge in [0.1, 0.15) is 0 Å². The summed E-state index contributed by atoms with van der Waals surface area (Å²) in [6, 6.07) is 0. The molecule has 0 aliphatic heterocycles. The second-order valence-electron chi connectivity index (χ2n) is 4.17. The zero-order valence-electron chi connectivity index (χ0n) is 11.6. The van der Waals surface area contributed by atoms with E-state index in [1.165, 1.54) is 5.01 Å². The Morgan fingerprint density at radius 3 is 2.83 bits per heavy atom. The summed E-state index contributed by atoms with van der Waals surface area (Å²) in [5, 5.41) is 9.93. The maximum atomic E-state index is 4.46. The van der Waals surface area contributed by atoms with Crippen LogP contribution in [0.2, 0.25) is 0 Å². The zero-order valence-corrected chi connectivity index (χ0v) is 12.4. The molecule has 4 nitrogen and oxygen atoms in total. The van der Waals surface area contributed by atoms with Gasteiger partial charge in [0, 0.05) is 37.1 Å². The topological polar surface area (TPSA) is 49.3 Å². The Kier molecular flexibility index (Phi) is 7.41. The molecule has 0 spiro atoms. The number of aryl methyl sites for hydroxylation is 2. The van der Waals surface area contributed by atoms with Crippen molar-refractivity contribution in [1.82, 2.24) is 15.6 Å². The predicted octanol–water partition coefficient (Wildman–Crippen LogP) is 2.35. The third-order valence-electron chi connectivity index (χ3n) is 2.36. The van der Waals surface area contributed by atoms with Crippen molar-refractivity contribution in [2.24, 2.45) is 4.99 Å². The molecule has 0 aliphatic rings. The fourth-order valence-corrected chi connectivity index (χ4v) is 2.35. The van der Waals surface area contributed by atoms with Crippen LogP contribution in [-0.2, 0) is 6.42 Å². The van der Waals surface area contributed by atoms with Crippen LogP contribution in [-0.4, -0.2) is 30.6 Å². The van der Waals surface area contributed by atoms with Crippen LogP contribution in [0, 0.1) is 6.92 Å². The largest absolute Gasteiger partial charge is 0.357 e. The number of aromatic nitrogens is 1. The van der Waals surface area contributed by atoms with E-state index in [2.05, 4.69) is 39.8 Å². The first kappa shape index (κ1) is 15.0. The third-order valence-corrected chi connectivity index (χ3v) is 3.39. The number of hydrogen-bond acceptors (Lipinski definition) is 3. The van der Waals surface area contributed by atoms with Gasteiger partial charge in [-0.1, -0.05) is 6.92 Å². The van der Waals surface area contributed by atoms with Crippen molar-refractivity contribution in [1.29, 1.82) is 0 Å². The van der Waals surface area contributed by atoms with Gasteiger partial charge in [0.05, 0.1) is 5.01 Å². The fourth-order valence-electron chi connectivity index (χ4n) is 1.53. The molecule has 0 saturated carbocycles. The molecule has 2 N–H and O–H groups in total. The first-order valence-electron chi connectivity index (χ1n) is 6.69. The molecule has 0 amide bonds. The zero-order chi connectivity index (χ0) is 13.2. The van der Waals surface area contributed by atoms with Crippen molar-refractivity contribution in [2.75, 3.05) is 19.6 Å². The summed E-state index contributed by atoms with van der Waals surface area (Å²) in [5.74, 6) is 0.926. The second kappa shape index (κ2) is 8.91. The van der Waals surface area contributed by atoms with Gasteiger partial charge in [-0.3, -0.25) is 4.99 Å². The summed E-state index contributed by atoms with van der Waals surface area (Å²) >= 11 is 1.75. The minimum atomic E-state index is 0.876. The van der Waals surface area contributed by atoms with Crippen LogP contribution in [0.3, 0.4) is 0 Å². The van der Waals surface area contributed by atoms with Crippen LogP contribution in [0.4, 0.5) is 0 Å². The molecule has 0 fully saturated rings. The lowest BCUT2D eigenvalue weighted by molar-refractivity contribution is 0.738. The van der Waals surface area contributed by atoms with E-state index in [9.17, 15) is 0 Å². The van der Waals surface area contributed by atoms with Gasteiger partial charge < -0.3 is 10.6 Å². The normalized spacial score (nSPS) is 11.6. The standard InChI is InChI=1S/C13H24N4S/c1-4-8-15-13(14-5-2)16-9-6-7-12-17-11(3)10-18-12/h10H,4-9H2,1-3H3,(H2,14,15,16). The highest BCUT2D eigenvalue weighted by molar-refractivity contribution is 7.09. The molecule has 0 atom stereocenters. The fraction of sp³-hybridized carbons (Fsp3) is 0.692. The van der Waals surface area contributed by atoms with Gasteiger partial charge in [-0.15, -0.1) is 11.3 Å². The van der Waals surface area contributed by atoms with E-state index in [-0.39, 0.29) is 0 Å². The predicted molar refractivity (Wildman–Crippen MR) is 79.4 cm³/mol. The summed E-state index contributed by atoms with van der Waals surface area (Å²) in [4.78, 5) is 8.92. The molecule has 0 radical (unpaired) electrons. The highest BCUT2D eigenvalue weighted by atomic mass is 32.1. The average molecular weight is 268 g/mol. The summed E-state index contributed by atoms with van der Waals surface area (Å²) in [6.45, 7) is 8.98. The summed E-state index contributed by atoms with van der Waals surface area (Å²) < 4.78 is 0. The van der Waals surface area contributed by atoms with Crippen molar-refractivity contribution < 1.29 is 0 Å². The number of hydrogen-bond donors (Lipinski definition) is 2. The Bertz CT molecular complexity index is 360. The van der Waals surface area contributed by atoms with Gasteiger partial charge in [0.2, 0.25) is 0 Å². The van der Waals surface area contributed by atoms with Crippen molar-refractivity contribution in [2.45, 2.75) is 40.0 Å². The molecule has 5 heteroatoms. The van der Waals surface area contributed by atoms with Crippen LogP contribution >= 0.6 is 11.3 Å². The van der Waals surface area contributed by atoms with Gasteiger partial charge >= 0.3 is 0 Å². The number of thiazole rings is 1. The molecule has 0 aliphatic carbocycles. The van der Waals surface area contributed by atoms with Crippen LogP contribution in [0.25, 0.3) is 0 Å². The van der Waals surface area contributed by atoms with E-state index >= 15 is 0 Å². The Hall–Kier alpha value is -1.10. The molecule has 0 unspecified atom stereocenters. The quantitative estimate of drug-likeness (QED) is 0.453. The van der Waals surface area contributed by atoms with E-state index in [0.29, 0.717) is 0 Å². The van der Waals surface area contributed by atoms with E-state index in [1.54, 1.807) is 11.3 Å². The maximum absolute atomic E-state index is 4.46. The Balaban J connectivity index is 2.22. The van der Waals surface area contributed by atoms with Gasteiger partial charge in [-0.2, -0.15) is 0 Å². The lowest BCUT2D eigenvalue weighted by Gasteiger charge is -2.10. The van der Waals surface area contributed by atoms with E-state index in [4.69, 9.17) is 0 Å². The van der Waals surface area contributed by atoms with Gasteiger partial charge in [-0.25, -0.2) is 4.98 Å². The van der Waals surface area contributed by atoms with Crippen LogP contribution < -0.4 is 10.6 Å². The highest BCUT2D eigenvalue weighted by Crippen LogP contribution is 2.10. The third kappa shape index (κ3) is 6.00. The number of nitrogens with one attached hydrogen (secondary N) is 2. The molecule has 1 aromatic rings. The smallest absolute Gasteiger partial charge is 0.191 e. The number of guanidine groups is 1. The first-order chi connectivity index (χ1) is 8.76. The molecule has 102 valence electrons. The molecule has 1 heterocycles. The molecule has 0 aromatic carbocycles. The number of rotatable bonds is 7. The summed E-state index contributed by atoms with van der Waals surface area (Å²) in [6.07, 6.45) is 3.21. The van der Waals surface area contributed by atoms with E-state index < -0.39 is 0 Å². The lowest BCUT2D eigenvalue weighted by Crippen LogP contribution is -2.38. The van der Waals surface area contributed by atoms with Crippen molar-refractivity contribution >= 4 is 17.3 Å². The first-order valence-corrected chi connectivity index (χ1v) is 7.57. The molecule has 18 heavy (non-hydrogen) atoms. The maximum Gasteiger partial charge on any atom is 0.191 e. The molecular formula is C13H24N4S. The van der Waals surface area contributed by atoms with Gasteiger partial charge in [-0.05, 0) is 26.7 Å². The summed E-state index contributed by atoms with van der Waals surface area (Å²) in [7, 11) is 0. The Morgan fingerprint density at radius 1 is 1.39 bits per heavy atom. The van der Waals surface area contributed by atoms with E-state index in [1.807, 2.05) is 6.92 Å². The lowest BCUT2D eigenvalue weighted by atomic mass is 10.3. The van der Waals surface area contributed by atoms with Crippen molar-refractivity contribution in [3.8, 4) is 0 Å². The van der Waals surface area contributed by atoms with Crippen molar-refractivity contribution in [3.05, 3.63) is 16.1 Å². The molecule has 0 bridgehead atoms. The minimum absolute atomic E-state index is 0.876. The van der Waals surface area contributed by atoms with Gasteiger partial charge in [0.15, 0.2) is 5.96 Å². The van der Waals surface area contributed by atoms with Gasteiger partial charge in [0.25, 0.3) is 0 Å². The monoisotopic (exact) mass is 268 g/mol. The highest BCUT2D eigenvalue weighted by Gasteiger charge is 1.99. The number of aliphatic imine (C=N–C) groups is 1. The van der Waals surface area contributed by atoms with Crippen LogP contribution in [0.1, 0.15) is 37.4 Å². The molecule has 0 saturated heterocycles. The molecular weight excluding hydrogens is 244 g/mol. The Morgan fingerprint density at radius 2 is 2.22 bits per heavy atom. The average Bonchev–Trinajstić information content (AvgIpc) is 2.77.